The zero-order valence-electron chi connectivity index (χ0n) is 11.8. The van der Waals surface area contributed by atoms with E-state index in [0.717, 1.165) is 11.1 Å². The van der Waals surface area contributed by atoms with Gasteiger partial charge in [0, 0.05) is 10.0 Å². The van der Waals surface area contributed by atoms with Crippen molar-refractivity contribution in [2.24, 2.45) is 5.84 Å². The van der Waals surface area contributed by atoms with E-state index in [-0.39, 0.29) is 6.04 Å². The topological polar surface area (TPSA) is 38.0 Å². The van der Waals surface area contributed by atoms with Crippen LogP contribution in [0.1, 0.15) is 33.9 Å². The van der Waals surface area contributed by atoms with Gasteiger partial charge in [0.25, 0.3) is 0 Å². The largest absolute Gasteiger partial charge is 0.271 e. The van der Waals surface area contributed by atoms with Crippen molar-refractivity contribution in [3.05, 3.63) is 68.2 Å². The lowest BCUT2D eigenvalue weighted by Crippen LogP contribution is -2.30. The Morgan fingerprint density at radius 2 is 1.60 bits per heavy atom. The van der Waals surface area contributed by atoms with Gasteiger partial charge >= 0.3 is 0 Å². The monoisotopic (exact) mass is 308 g/mol. The quantitative estimate of drug-likeness (QED) is 0.648. The zero-order chi connectivity index (χ0) is 14.9. The maximum atomic E-state index is 6.30. The zero-order valence-corrected chi connectivity index (χ0v) is 13.3. The van der Waals surface area contributed by atoms with E-state index in [4.69, 9.17) is 29.0 Å². The SMILES string of the molecule is Cc1cc(C)c(C(NN)c2cc(Cl)ccc2Cl)c(C)c1. The van der Waals surface area contributed by atoms with Gasteiger partial charge < -0.3 is 0 Å². The molecule has 0 saturated carbocycles. The Morgan fingerprint density at radius 3 is 2.15 bits per heavy atom. The van der Waals surface area contributed by atoms with E-state index in [1.54, 1.807) is 12.1 Å². The molecule has 2 rings (SSSR count). The Hall–Kier alpha value is -1.06. The predicted octanol–water partition coefficient (Wildman–Crippen LogP) is 4.47. The summed E-state index contributed by atoms with van der Waals surface area (Å²) in [5.74, 6) is 5.78. The average Bonchev–Trinajstić information content (AvgIpc) is 2.37. The molecule has 0 aliphatic carbocycles. The van der Waals surface area contributed by atoms with Crippen LogP contribution >= 0.6 is 23.2 Å². The molecule has 4 heteroatoms. The van der Waals surface area contributed by atoms with Gasteiger partial charge in [0.05, 0.1) is 6.04 Å². The van der Waals surface area contributed by atoms with E-state index in [2.05, 4.69) is 38.3 Å². The Kier molecular flexibility index (Phi) is 4.71. The number of nitrogens with two attached hydrogens (primary N) is 1. The fourth-order valence-corrected chi connectivity index (χ4v) is 3.12. The van der Waals surface area contributed by atoms with Gasteiger partial charge in [0.1, 0.15) is 0 Å². The summed E-state index contributed by atoms with van der Waals surface area (Å²) in [7, 11) is 0. The van der Waals surface area contributed by atoms with E-state index < -0.39 is 0 Å². The van der Waals surface area contributed by atoms with Crippen LogP contribution in [0.15, 0.2) is 30.3 Å². The van der Waals surface area contributed by atoms with Gasteiger partial charge in [-0.1, -0.05) is 40.9 Å². The Balaban J connectivity index is 2.61. The van der Waals surface area contributed by atoms with Gasteiger partial charge in [-0.05, 0) is 61.2 Å². The van der Waals surface area contributed by atoms with Crippen LogP contribution in [0, 0.1) is 20.8 Å². The van der Waals surface area contributed by atoms with E-state index in [1.807, 2.05) is 6.07 Å². The smallest absolute Gasteiger partial charge is 0.0730 e. The fraction of sp³-hybridized carbons (Fsp3) is 0.250. The van der Waals surface area contributed by atoms with Gasteiger partial charge in [0.15, 0.2) is 0 Å². The lowest BCUT2D eigenvalue weighted by Gasteiger charge is -2.23. The molecule has 0 radical (unpaired) electrons. The molecule has 20 heavy (non-hydrogen) atoms. The third-order valence-corrected chi connectivity index (χ3v) is 4.04. The number of hydrazine groups is 1. The van der Waals surface area contributed by atoms with Crippen molar-refractivity contribution >= 4 is 23.2 Å². The van der Waals surface area contributed by atoms with Crippen LogP contribution in [0.25, 0.3) is 0 Å². The van der Waals surface area contributed by atoms with Crippen molar-refractivity contribution in [3.63, 3.8) is 0 Å². The molecular formula is C16H18Cl2N2. The first-order chi connectivity index (χ1) is 9.43. The van der Waals surface area contributed by atoms with Crippen LogP contribution < -0.4 is 11.3 Å². The Morgan fingerprint density at radius 1 is 1.00 bits per heavy atom. The third kappa shape index (κ3) is 2.99. The molecule has 0 aromatic heterocycles. The van der Waals surface area contributed by atoms with Crippen LogP contribution in [0.5, 0.6) is 0 Å². The minimum Gasteiger partial charge on any atom is -0.271 e. The first-order valence-electron chi connectivity index (χ1n) is 6.43. The van der Waals surface area contributed by atoms with Gasteiger partial charge in [-0.3, -0.25) is 5.84 Å². The van der Waals surface area contributed by atoms with Gasteiger partial charge in [-0.2, -0.15) is 0 Å². The molecule has 0 amide bonds. The lowest BCUT2D eigenvalue weighted by molar-refractivity contribution is 0.630. The van der Waals surface area contributed by atoms with Crippen LogP contribution in [0.2, 0.25) is 10.0 Å². The van der Waals surface area contributed by atoms with Gasteiger partial charge in [0.2, 0.25) is 0 Å². The second-order valence-electron chi connectivity index (χ2n) is 5.08. The molecule has 1 atom stereocenters. The maximum Gasteiger partial charge on any atom is 0.0730 e. The maximum absolute atomic E-state index is 6.30. The highest BCUT2D eigenvalue weighted by Gasteiger charge is 2.20. The molecule has 0 aliphatic heterocycles. The molecule has 3 N–H and O–H groups in total. The standard InChI is InChI=1S/C16H18Cl2N2/c1-9-6-10(2)15(11(3)7-9)16(20-19)13-8-12(17)4-5-14(13)18/h4-8,16,20H,19H2,1-3H3. The Bertz CT molecular complexity index is 615. The minimum atomic E-state index is -0.179. The van der Waals surface area contributed by atoms with E-state index in [1.165, 1.54) is 16.7 Å². The normalized spacial score (nSPS) is 12.5. The van der Waals surface area contributed by atoms with E-state index in [9.17, 15) is 0 Å². The lowest BCUT2D eigenvalue weighted by atomic mass is 9.90. The van der Waals surface area contributed by atoms with Crippen LogP contribution in [-0.2, 0) is 0 Å². The Labute approximate surface area is 129 Å². The summed E-state index contributed by atoms with van der Waals surface area (Å²) in [6.07, 6.45) is 0. The first-order valence-corrected chi connectivity index (χ1v) is 7.18. The summed E-state index contributed by atoms with van der Waals surface area (Å²) in [6, 6.07) is 9.53. The van der Waals surface area contributed by atoms with Crippen LogP contribution in [-0.4, -0.2) is 0 Å². The summed E-state index contributed by atoms with van der Waals surface area (Å²) >= 11 is 12.4. The molecular weight excluding hydrogens is 291 g/mol. The van der Waals surface area contributed by atoms with Crippen LogP contribution in [0.4, 0.5) is 0 Å². The van der Waals surface area contributed by atoms with Crippen molar-refractivity contribution in [1.29, 1.82) is 0 Å². The second kappa shape index (κ2) is 6.15. The number of rotatable bonds is 3. The molecule has 2 aromatic rings. The third-order valence-electron chi connectivity index (χ3n) is 3.46. The fourth-order valence-electron chi connectivity index (χ4n) is 2.71. The molecule has 0 bridgehead atoms. The molecule has 2 aromatic carbocycles. The highest BCUT2D eigenvalue weighted by molar-refractivity contribution is 6.33. The molecule has 0 saturated heterocycles. The number of halogens is 2. The highest BCUT2D eigenvalue weighted by atomic mass is 35.5. The molecule has 0 spiro atoms. The van der Waals surface area contributed by atoms with Crippen molar-refractivity contribution in [2.45, 2.75) is 26.8 Å². The van der Waals surface area contributed by atoms with Crippen LogP contribution in [0.3, 0.4) is 0 Å². The molecule has 2 nitrogen and oxygen atoms in total. The second-order valence-corrected chi connectivity index (χ2v) is 5.92. The summed E-state index contributed by atoms with van der Waals surface area (Å²) in [5.41, 5.74) is 8.48. The summed E-state index contributed by atoms with van der Waals surface area (Å²) in [4.78, 5) is 0. The number of nitrogens with one attached hydrogen (secondary N) is 1. The molecule has 1 unspecified atom stereocenters. The summed E-state index contributed by atoms with van der Waals surface area (Å²) in [5, 5.41) is 1.30. The molecule has 0 fully saturated rings. The summed E-state index contributed by atoms with van der Waals surface area (Å²) < 4.78 is 0. The molecule has 0 heterocycles. The highest BCUT2D eigenvalue weighted by Crippen LogP contribution is 2.33. The van der Waals surface area contributed by atoms with Crippen molar-refractivity contribution in [3.8, 4) is 0 Å². The van der Waals surface area contributed by atoms with E-state index in [0.29, 0.717) is 10.0 Å². The molecule has 0 aliphatic rings. The minimum absolute atomic E-state index is 0.179. The van der Waals surface area contributed by atoms with Gasteiger partial charge in [-0.25, -0.2) is 5.43 Å². The number of hydrogen-bond donors (Lipinski definition) is 2. The van der Waals surface area contributed by atoms with Crippen molar-refractivity contribution in [2.75, 3.05) is 0 Å². The van der Waals surface area contributed by atoms with Gasteiger partial charge in [-0.15, -0.1) is 0 Å². The average molecular weight is 309 g/mol. The summed E-state index contributed by atoms with van der Waals surface area (Å²) in [6.45, 7) is 6.25. The number of aryl methyl sites for hydroxylation is 3. The van der Waals surface area contributed by atoms with Crippen molar-refractivity contribution < 1.29 is 0 Å². The van der Waals surface area contributed by atoms with E-state index >= 15 is 0 Å². The van der Waals surface area contributed by atoms with Crippen molar-refractivity contribution in [1.82, 2.24) is 5.43 Å². The number of hydrogen-bond acceptors (Lipinski definition) is 2. The molecule has 106 valence electrons. The first kappa shape index (κ1) is 15.3. The predicted molar refractivity (Wildman–Crippen MR) is 86.3 cm³/mol. The number of benzene rings is 2.